The van der Waals surface area contributed by atoms with Gasteiger partial charge in [0.15, 0.2) is 0 Å². The first-order chi connectivity index (χ1) is 14.4. The highest BCUT2D eigenvalue weighted by Gasteiger charge is 2.17. The quantitative estimate of drug-likeness (QED) is 0.149. The van der Waals surface area contributed by atoms with E-state index >= 15 is 0 Å². The first-order valence-corrected chi connectivity index (χ1v) is 8.62. The number of ether oxygens (including phenoxy) is 1. The first-order valence-electron chi connectivity index (χ1n) is 8.62. The molecule has 2 aromatic carbocycles. The highest BCUT2D eigenvalue weighted by molar-refractivity contribution is 6.14. The maximum absolute atomic E-state index is 12.6. The van der Waals surface area contributed by atoms with Crippen LogP contribution in [-0.2, 0) is 4.74 Å². The summed E-state index contributed by atoms with van der Waals surface area (Å²) in [5.74, 6) is -0.486. The van der Waals surface area contributed by atoms with Crippen molar-refractivity contribution in [2.75, 3.05) is 7.11 Å². The molecule has 8 nitrogen and oxygen atoms in total. The topological polar surface area (TPSA) is 123 Å². The Hall–Kier alpha value is -4.51. The van der Waals surface area contributed by atoms with E-state index in [0.717, 1.165) is 6.07 Å². The Morgan fingerprint density at radius 1 is 1.10 bits per heavy atom. The van der Waals surface area contributed by atoms with Gasteiger partial charge in [0.2, 0.25) is 5.78 Å². The third-order valence-electron chi connectivity index (χ3n) is 4.17. The fraction of sp³-hybridized carbons (Fsp3) is 0.0455. The SMILES string of the molecule is COC(=O)c1cccc(-c2ccc(/C=C(\C#N)C(=O)c3cccc([N+](=O)[O-])c3)o2)c1. The van der Waals surface area contributed by atoms with Gasteiger partial charge in [-0.2, -0.15) is 5.26 Å². The number of furan rings is 1. The minimum atomic E-state index is -0.660. The van der Waals surface area contributed by atoms with Gasteiger partial charge in [0.1, 0.15) is 23.2 Å². The van der Waals surface area contributed by atoms with Crippen LogP contribution in [0.4, 0.5) is 5.69 Å². The number of nitrogens with zero attached hydrogens (tertiary/aromatic N) is 2. The molecule has 0 spiro atoms. The maximum Gasteiger partial charge on any atom is 0.337 e. The van der Waals surface area contributed by atoms with Crippen molar-refractivity contribution in [2.45, 2.75) is 0 Å². The molecule has 3 rings (SSSR count). The molecule has 0 unspecified atom stereocenters. The number of nitro benzene ring substituents is 1. The Morgan fingerprint density at radius 3 is 2.53 bits per heavy atom. The van der Waals surface area contributed by atoms with Crippen LogP contribution in [-0.4, -0.2) is 23.8 Å². The Bertz CT molecular complexity index is 1220. The third-order valence-corrected chi connectivity index (χ3v) is 4.17. The van der Waals surface area contributed by atoms with E-state index in [2.05, 4.69) is 0 Å². The number of carbonyl (C=O) groups is 2. The van der Waals surface area contributed by atoms with Crippen molar-refractivity contribution in [1.29, 1.82) is 5.26 Å². The van der Waals surface area contributed by atoms with E-state index < -0.39 is 16.7 Å². The lowest BCUT2D eigenvalue weighted by Gasteiger charge is -2.02. The van der Waals surface area contributed by atoms with Crippen molar-refractivity contribution in [1.82, 2.24) is 0 Å². The number of non-ortho nitro benzene ring substituents is 1. The molecule has 1 heterocycles. The number of ketones is 1. The average molecular weight is 402 g/mol. The molecule has 0 atom stereocenters. The molecule has 0 aliphatic carbocycles. The minimum Gasteiger partial charge on any atom is -0.465 e. The van der Waals surface area contributed by atoms with Crippen LogP contribution in [0.2, 0.25) is 0 Å². The van der Waals surface area contributed by atoms with Crippen molar-refractivity contribution in [3.8, 4) is 17.4 Å². The summed E-state index contributed by atoms with van der Waals surface area (Å²) < 4.78 is 10.4. The Balaban J connectivity index is 1.90. The third kappa shape index (κ3) is 4.31. The van der Waals surface area contributed by atoms with Crippen molar-refractivity contribution < 1.29 is 23.7 Å². The summed E-state index contributed by atoms with van der Waals surface area (Å²) in [6, 6.07) is 16.7. The van der Waals surface area contributed by atoms with Crippen LogP contribution in [0.5, 0.6) is 0 Å². The Morgan fingerprint density at radius 2 is 1.83 bits per heavy atom. The molecular formula is C22H14N2O6. The summed E-state index contributed by atoms with van der Waals surface area (Å²) in [5, 5.41) is 20.3. The molecule has 0 aliphatic heterocycles. The summed E-state index contributed by atoms with van der Waals surface area (Å²) in [6.45, 7) is 0. The molecule has 8 heteroatoms. The van der Waals surface area contributed by atoms with Crippen LogP contribution in [0.3, 0.4) is 0 Å². The van der Waals surface area contributed by atoms with Gasteiger partial charge in [-0.15, -0.1) is 0 Å². The molecule has 148 valence electrons. The lowest BCUT2D eigenvalue weighted by atomic mass is 10.0. The van der Waals surface area contributed by atoms with E-state index in [1.165, 1.54) is 31.4 Å². The molecular weight excluding hydrogens is 388 g/mol. The summed E-state index contributed by atoms with van der Waals surface area (Å²) in [7, 11) is 1.28. The number of methoxy groups -OCH3 is 1. The summed E-state index contributed by atoms with van der Waals surface area (Å²) in [5.41, 5.74) is 0.501. The van der Waals surface area contributed by atoms with Gasteiger partial charge in [-0.1, -0.05) is 24.3 Å². The lowest BCUT2D eigenvalue weighted by Crippen LogP contribution is -2.02. The van der Waals surface area contributed by atoms with Gasteiger partial charge in [-0.25, -0.2) is 4.79 Å². The molecule has 0 amide bonds. The second-order valence-electron chi connectivity index (χ2n) is 6.08. The number of hydrogen-bond acceptors (Lipinski definition) is 7. The number of hydrogen-bond donors (Lipinski definition) is 0. The molecule has 0 saturated carbocycles. The number of esters is 1. The van der Waals surface area contributed by atoms with Crippen LogP contribution in [0.15, 0.2) is 70.7 Å². The van der Waals surface area contributed by atoms with Crippen LogP contribution < -0.4 is 0 Å². The van der Waals surface area contributed by atoms with E-state index in [0.29, 0.717) is 16.9 Å². The minimum absolute atomic E-state index is 0.0227. The monoisotopic (exact) mass is 402 g/mol. The average Bonchev–Trinajstić information content (AvgIpc) is 3.25. The number of benzene rings is 2. The normalized spacial score (nSPS) is 10.9. The fourth-order valence-electron chi connectivity index (χ4n) is 2.71. The van der Waals surface area contributed by atoms with Crippen molar-refractivity contribution in [3.63, 3.8) is 0 Å². The molecule has 0 saturated heterocycles. The number of Topliss-reactive ketones (excluding diaryl/α,β-unsaturated/α-hetero) is 1. The number of rotatable bonds is 6. The van der Waals surface area contributed by atoms with Gasteiger partial charge >= 0.3 is 5.97 Å². The predicted octanol–water partition coefficient (Wildman–Crippen LogP) is 4.43. The maximum atomic E-state index is 12.6. The smallest absolute Gasteiger partial charge is 0.337 e. The molecule has 0 N–H and O–H groups in total. The highest BCUT2D eigenvalue weighted by atomic mass is 16.6. The first kappa shape index (κ1) is 20.2. The zero-order valence-corrected chi connectivity index (χ0v) is 15.7. The molecule has 30 heavy (non-hydrogen) atoms. The lowest BCUT2D eigenvalue weighted by molar-refractivity contribution is -0.384. The van der Waals surface area contributed by atoms with Crippen LogP contribution in [0.1, 0.15) is 26.5 Å². The van der Waals surface area contributed by atoms with Gasteiger partial charge in [0, 0.05) is 29.3 Å². The number of nitro groups is 1. The molecule has 0 fully saturated rings. The summed E-state index contributed by atoms with van der Waals surface area (Å²) in [4.78, 5) is 34.5. The highest BCUT2D eigenvalue weighted by Crippen LogP contribution is 2.25. The molecule has 0 radical (unpaired) electrons. The Labute approximate surface area is 170 Å². The zero-order chi connectivity index (χ0) is 21.7. The standard InChI is InChI=1S/C22H14N2O6/c1-29-22(26)16-6-2-4-14(10-16)20-9-8-19(30-20)12-17(13-23)21(25)15-5-3-7-18(11-15)24(27)28/h2-12H,1H3/b17-12+. The fourth-order valence-corrected chi connectivity index (χ4v) is 2.71. The van der Waals surface area contributed by atoms with Crippen molar-refractivity contribution in [3.05, 3.63) is 93.2 Å². The number of nitriles is 1. The zero-order valence-electron chi connectivity index (χ0n) is 15.7. The number of carbonyl (C=O) groups excluding carboxylic acids is 2. The van der Waals surface area contributed by atoms with Gasteiger partial charge in [-0.05, 0) is 24.3 Å². The van der Waals surface area contributed by atoms with Gasteiger partial charge < -0.3 is 9.15 Å². The van der Waals surface area contributed by atoms with Gasteiger partial charge in [0.25, 0.3) is 5.69 Å². The number of allylic oxidation sites excluding steroid dienone is 1. The second kappa shape index (κ2) is 8.67. The van der Waals surface area contributed by atoms with E-state index in [-0.39, 0.29) is 22.6 Å². The van der Waals surface area contributed by atoms with E-state index in [1.807, 2.05) is 0 Å². The van der Waals surface area contributed by atoms with Crippen molar-refractivity contribution >= 4 is 23.5 Å². The second-order valence-corrected chi connectivity index (χ2v) is 6.08. The van der Waals surface area contributed by atoms with E-state index in [9.17, 15) is 25.0 Å². The van der Waals surface area contributed by atoms with Crippen LogP contribution in [0.25, 0.3) is 17.4 Å². The van der Waals surface area contributed by atoms with Crippen LogP contribution >= 0.6 is 0 Å². The summed E-state index contributed by atoms with van der Waals surface area (Å²) >= 11 is 0. The molecule has 0 aliphatic rings. The van der Waals surface area contributed by atoms with Crippen LogP contribution in [0, 0.1) is 21.4 Å². The summed E-state index contributed by atoms with van der Waals surface area (Å²) in [6.07, 6.45) is 1.26. The molecule has 3 aromatic rings. The van der Waals surface area contributed by atoms with Gasteiger partial charge in [0.05, 0.1) is 17.6 Å². The Kier molecular flexibility index (Phi) is 5.84. The largest absolute Gasteiger partial charge is 0.465 e. The van der Waals surface area contributed by atoms with E-state index in [4.69, 9.17) is 9.15 Å². The predicted molar refractivity (Wildman–Crippen MR) is 107 cm³/mol. The molecule has 0 bridgehead atoms. The van der Waals surface area contributed by atoms with E-state index in [1.54, 1.807) is 42.5 Å². The molecule has 1 aromatic heterocycles. The van der Waals surface area contributed by atoms with Crippen molar-refractivity contribution in [2.24, 2.45) is 0 Å². The van der Waals surface area contributed by atoms with Gasteiger partial charge in [-0.3, -0.25) is 14.9 Å².